The minimum absolute atomic E-state index is 0.110. The van der Waals surface area contributed by atoms with Crippen LogP contribution in [0.3, 0.4) is 0 Å². The fourth-order valence-electron chi connectivity index (χ4n) is 0.754. The van der Waals surface area contributed by atoms with Crippen LogP contribution in [0, 0.1) is 11.8 Å². The molecule has 0 radical (unpaired) electrons. The van der Waals surface area contributed by atoms with Crippen molar-refractivity contribution in [3.05, 3.63) is 34.9 Å². The second-order valence-corrected chi connectivity index (χ2v) is 2.95. The molecule has 62 valence electrons. The lowest BCUT2D eigenvalue weighted by Crippen LogP contribution is -2.10. The third kappa shape index (κ3) is 2.58. The highest BCUT2D eigenvalue weighted by Crippen LogP contribution is 2.12. The topological polar surface area (TPSA) is 26.0 Å². The van der Waals surface area contributed by atoms with E-state index in [0.717, 1.165) is 5.56 Å². The summed E-state index contributed by atoms with van der Waals surface area (Å²) in [6.07, 6.45) is 0. The molecule has 0 aliphatic carbocycles. The van der Waals surface area contributed by atoms with Crippen LogP contribution in [0.4, 0.5) is 0 Å². The number of nitrogens with two attached hydrogens (primary N) is 1. The average molecular weight is 180 g/mol. The third-order valence-corrected chi connectivity index (χ3v) is 1.64. The van der Waals surface area contributed by atoms with Gasteiger partial charge in [0.2, 0.25) is 0 Å². The molecule has 0 bridgehead atoms. The van der Waals surface area contributed by atoms with Gasteiger partial charge in [0.05, 0.1) is 11.1 Å². The zero-order valence-electron chi connectivity index (χ0n) is 6.84. The highest BCUT2D eigenvalue weighted by atomic mass is 35.5. The summed E-state index contributed by atoms with van der Waals surface area (Å²) in [6, 6.07) is 7.35. The normalized spacial score (nSPS) is 11.6. The predicted molar refractivity (Wildman–Crippen MR) is 52.0 cm³/mol. The number of hydrogen-bond acceptors (Lipinski definition) is 1. The van der Waals surface area contributed by atoms with Crippen LogP contribution in [0.15, 0.2) is 24.3 Å². The SMILES string of the molecule is CC(N)C#Cc1ccccc1Cl. The van der Waals surface area contributed by atoms with Gasteiger partial charge in [-0.15, -0.1) is 0 Å². The number of halogens is 1. The van der Waals surface area contributed by atoms with Crippen molar-refractivity contribution in [3.63, 3.8) is 0 Å². The number of benzene rings is 1. The Kier molecular flexibility index (Phi) is 3.16. The summed E-state index contributed by atoms with van der Waals surface area (Å²) in [5, 5.41) is 0.672. The molecule has 2 N–H and O–H groups in total. The molecule has 2 heteroatoms. The van der Waals surface area contributed by atoms with Crippen LogP contribution in [0.5, 0.6) is 0 Å². The summed E-state index contributed by atoms with van der Waals surface area (Å²) < 4.78 is 0. The molecule has 0 aliphatic rings. The maximum absolute atomic E-state index is 5.86. The number of rotatable bonds is 0. The van der Waals surface area contributed by atoms with Crippen molar-refractivity contribution < 1.29 is 0 Å². The first-order chi connectivity index (χ1) is 5.70. The zero-order chi connectivity index (χ0) is 8.97. The summed E-state index contributed by atoms with van der Waals surface area (Å²) >= 11 is 5.86. The highest BCUT2D eigenvalue weighted by molar-refractivity contribution is 6.31. The fraction of sp³-hybridized carbons (Fsp3) is 0.200. The van der Waals surface area contributed by atoms with Crippen molar-refractivity contribution in [2.24, 2.45) is 5.73 Å². The largest absolute Gasteiger partial charge is 0.318 e. The molecule has 0 aromatic heterocycles. The molecular formula is C10H10ClN. The van der Waals surface area contributed by atoms with Gasteiger partial charge in [-0.2, -0.15) is 0 Å². The van der Waals surface area contributed by atoms with E-state index in [9.17, 15) is 0 Å². The Morgan fingerprint density at radius 3 is 2.67 bits per heavy atom. The van der Waals surface area contributed by atoms with Gasteiger partial charge in [0.15, 0.2) is 0 Å². The van der Waals surface area contributed by atoms with Crippen molar-refractivity contribution in [2.45, 2.75) is 13.0 Å². The summed E-state index contributed by atoms with van der Waals surface area (Å²) in [5.41, 5.74) is 6.30. The van der Waals surface area contributed by atoms with E-state index in [2.05, 4.69) is 11.8 Å². The molecule has 1 rings (SSSR count). The molecule has 0 aliphatic heterocycles. The smallest absolute Gasteiger partial charge is 0.0639 e. The molecule has 1 unspecified atom stereocenters. The third-order valence-electron chi connectivity index (χ3n) is 1.31. The van der Waals surface area contributed by atoms with Crippen LogP contribution in [-0.4, -0.2) is 6.04 Å². The molecule has 1 nitrogen and oxygen atoms in total. The summed E-state index contributed by atoms with van der Waals surface area (Å²) in [5.74, 6) is 5.75. The average Bonchev–Trinajstić information content (AvgIpc) is 2.03. The molecule has 0 saturated heterocycles. The van der Waals surface area contributed by atoms with Crippen LogP contribution in [0.1, 0.15) is 12.5 Å². The second-order valence-electron chi connectivity index (χ2n) is 2.54. The molecule has 1 aromatic rings. The van der Waals surface area contributed by atoms with Gasteiger partial charge in [-0.3, -0.25) is 0 Å². The van der Waals surface area contributed by atoms with Crippen molar-refractivity contribution in [3.8, 4) is 11.8 Å². The Morgan fingerprint density at radius 2 is 2.08 bits per heavy atom. The molecular weight excluding hydrogens is 170 g/mol. The first kappa shape index (κ1) is 9.12. The Labute approximate surface area is 77.5 Å². The fourth-order valence-corrected chi connectivity index (χ4v) is 0.937. The van der Waals surface area contributed by atoms with Crippen LogP contribution in [0.2, 0.25) is 5.02 Å². The Hall–Kier alpha value is -0.970. The standard InChI is InChI=1S/C10H10ClN/c1-8(12)6-7-9-4-2-3-5-10(9)11/h2-5,8H,12H2,1H3. The van der Waals surface area contributed by atoms with E-state index in [-0.39, 0.29) is 6.04 Å². The van der Waals surface area contributed by atoms with Gasteiger partial charge in [-0.25, -0.2) is 0 Å². The molecule has 0 spiro atoms. The summed E-state index contributed by atoms with van der Waals surface area (Å²) in [7, 11) is 0. The molecule has 0 saturated carbocycles. The molecule has 1 aromatic carbocycles. The maximum Gasteiger partial charge on any atom is 0.0639 e. The first-order valence-electron chi connectivity index (χ1n) is 3.72. The summed E-state index contributed by atoms with van der Waals surface area (Å²) in [6.45, 7) is 1.84. The van der Waals surface area contributed by atoms with Gasteiger partial charge in [-0.1, -0.05) is 35.6 Å². The van der Waals surface area contributed by atoms with Gasteiger partial charge in [0.25, 0.3) is 0 Å². The quantitative estimate of drug-likeness (QED) is 0.606. The lowest BCUT2D eigenvalue weighted by Gasteiger charge is -1.93. The first-order valence-corrected chi connectivity index (χ1v) is 4.09. The van der Waals surface area contributed by atoms with Gasteiger partial charge >= 0.3 is 0 Å². The number of hydrogen-bond donors (Lipinski definition) is 1. The predicted octanol–water partition coefficient (Wildman–Crippen LogP) is 2.04. The van der Waals surface area contributed by atoms with E-state index in [1.165, 1.54) is 0 Å². The van der Waals surface area contributed by atoms with Crippen LogP contribution < -0.4 is 5.73 Å². The van der Waals surface area contributed by atoms with Crippen molar-refractivity contribution >= 4 is 11.6 Å². The van der Waals surface area contributed by atoms with E-state index in [0.29, 0.717) is 5.02 Å². The second kappa shape index (κ2) is 4.15. The van der Waals surface area contributed by atoms with Gasteiger partial charge in [0, 0.05) is 5.56 Å². The van der Waals surface area contributed by atoms with Crippen LogP contribution in [0.25, 0.3) is 0 Å². The zero-order valence-corrected chi connectivity index (χ0v) is 7.60. The van der Waals surface area contributed by atoms with E-state index in [1.807, 2.05) is 31.2 Å². The summed E-state index contributed by atoms with van der Waals surface area (Å²) in [4.78, 5) is 0. The van der Waals surface area contributed by atoms with Gasteiger partial charge < -0.3 is 5.73 Å². The minimum atomic E-state index is -0.110. The van der Waals surface area contributed by atoms with Crippen molar-refractivity contribution in [1.29, 1.82) is 0 Å². The Bertz CT molecular complexity index is 320. The monoisotopic (exact) mass is 179 g/mol. The van der Waals surface area contributed by atoms with Crippen LogP contribution in [-0.2, 0) is 0 Å². The van der Waals surface area contributed by atoms with E-state index >= 15 is 0 Å². The minimum Gasteiger partial charge on any atom is -0.318 e. The molecule has 0 heterocycles. The Balaban J connectivity index is 2.92. The Morgan fingerprint density at radius 1 is 1.42 bits per heavy atom. The van der Waals surface area contributed by atoms with Crippen LogP contribution >= 0.6 is 11.6 Å². The van der Waals surface area contributed by atoms with E-state index in [4.69, 9.17) is 17.3 Å². The molecule has 0 fully saturated rings. The van der Waals surface area contributed by atoms with Gasteiger partial charge in [-0.05, 0) is 19.1 Å². The molecule has 0 amide bonds. The van der Waals surface area contributed by atoms with Crippen molar-refractivity contribution in [2.75, 3.05) is 0 Å². The van der Waals surface area contributed by atoms with Gasteiger partial charge in [0.1, 0.15) is 0 Å². The lowest BCUT2D eigenvalue weighted by atomic mass is 10.2. The molecule has 1 atom stereocenters. The van der Waals surface area contributed by atoms with Crippen molar-refractivity contribution in [1.82, 2.24) is 0 Å². The lowest BCUT2D eigenvalue weighted by molar-refractivity contribution is 0.959. The van der Waals surface area contributed by atoms with E-state index in [1.54, 1.807) is 0 Å². The molecule has 12 heavy (non-hydrogen) atoms. The van der Waals surface area contributed by atoms with E-state index < -0.39 is 0 Å². The maximum atomic E-state index is 5.86. The highest BCUT2D eigenvalue weighted by Gasteiger charge is 1.92.